The van der Waals surface area contributed by atoms with Crippen molar-refractivity contribution in [2.24, 2.45) is 5.92 Å². The molecule has 2 heterocycles. The molecule has 36 heavy (non-hydrogen) atoms. The smallest absolute Gasteiger partial charge is 0.256 e. The van der Waals surface area contributed by atoms with Gasteiger partial charge in [0.2, 0.25) is 5.91 Å². The van der Waals surface area contributed by atoms with Crippen LogP contribution in [-0.4, -0.2) is 55.1 Å². The zero-order valence-electron chi connectivity index (χ0n) is 21.4. The number of likely N-dealkylation sites (N-methyl/N-ethyl adjacent to an activating group) is 1. The van der Waals surface area contributed by atoms with Crippen LogP contribution >= 0.6 is 0 Å². The van der Waals surface area contributed by atoms with E-state index in [0.29, 0.717) is 55.7 Å². The summed E-state index contributed by atoms with van der Waals surface area (Å²) in [6.07, 6.45) is 2.66. The molecule has 0 atom stereocenters. The molecule has 0 unspecified atom stereocenters. The number of hydrazine groups is 1. The Bertz CT molecular complexity index is 1130. The lowest BCUT2D eigenvalue weighted by Gasteiger charge is -2.32. The molecule has 190 valence electrons. The average molecular weight is 490 g/mol. The maximum atomic E-state index is 13.4. The van der Waals surface area contributed by atoms with Crippen LogP contribution in [0.15, 0.2) is 36.4 Å². The van der Waals surface area contributed by atoms with Crippen molar-refractivity contribution in [2.45, 2.75) is 46.2 Å². The third kappa shape index (κ3) is 5.97. The highest BCUT2D eigenvalue weighted by Gasteiger charge is 2.29. The molecule has 8 heteroatoms. The van der Waals surface area contributed by atoms with E-state index in [2.05, 4.69) is 36.1 Å². The van der Waals surface area contributed by atoms with Crippen LogP contribution in [-0.2, 0) is 29.1 Å². The second-order valence-electron chi connectivity index (χ2n) is 9.91. The predicted octanol–water partition coefficient (Wildman–Crippen LogP) is 3.92. The molecule has 0 spiro atoms. The van der Waals surface area contributed by atoms with Crippen LogP contribution in [0.3, 0.4) is 0 Å². The van der Waals surface area contributed by atoms with Crippen LogP contribution in [0, 0.1) is 12.5 Å². The Morgan fingerprint density at radius 3 is 2.53 bits per heavy atom. The Labute approximate surface area is 213 Å². The zero-order chi connectivity index (χ0) is 25.7. The van der Waals surface area contributed by atoms with E-state index in [1.807, 2.05) is 23.2 Å². The van der Waals surface area contributed by atoms with Crippen LogP contribution in [0.25, 0.3) is 4.85 Å². The highest BCUT2D eigenvalue weighted by Crippen LogP contribution is 2.40. The number of nitrogens with one attached hydrogen (secondary N) is 1. The molecular formula is C28H35N5O3. The number of hydrogen-bond acceptors (Lipinski definition) is 5. The number of carbonyl (C=O) groups is 2. The Kier molecular flexibility index (Phi) is 8.11. The molecule has 8 nitrogen and oxygen atoms in total. The Morgan fingerprint density at radius 1 is 1.14 bits per heavy atom. The van der Waals surface area contributed by atoms with Crippen molar-refractivity contribution in [1.82, 2.24) is 15.3 Å². The first-order chi connectivity index (χ1) is 17.4. The Balaban J connectivity index is 1.51. The van der Waals surface area contributed by atoms with E-state index in [4.69, 9.17) is 11.3 Å². The SMILES string of the molecule is [C-]#[N+]c1cc2c(c(N(CC(=O)NCCCC(C)C)CC(=O)N(C)N3Cc4ccccc4C3)c1)OCC2. The van der Waals surface area contributed by atoms with E-state index in [9.17, 15) is 9.59 Å². The molecule has 0 saturated heterocycles. The Morgan fingerprint density at radius 2 is 1.86 bits per heavy atom. The van der Waals surface area contributed by atoms with E-state index < -0.39 is 0 Å². The number of nitrogens with zero attached hydrogens (tertiary/aromatic N) is 4. The fourth-order valence-corrected chi connectivity index (χ4v) is 4.71. The minimum absolute atomic E-state index is 0.0000125. The van der Waals surface area contributed by atoms with Gasteiger partial charge in [-0.05, 0) is 47.6 Å². The lowest BCUT2D eigenvalue weighted by molar-refractivity contribution is -0.145. The van der Waals surface area contributed by atoms with Gasteiger partial charge in [0.05, 0.1) is 32.0 Å². The van der Waals surface area contributed by atoms with Crippen LogP contribution in [0.4, 0.5) is 11.4 Å². The number of carbonyl (C=O) groups excluding carboxylic acids is 2. The van der Waals surface area contributed by atoms with Gasteiger partial charge in [-0.2, -0.15) is 0 Å². The molecule has 0 bridgehead atoms. The summed E-state index contributed by atoms with van der Waals surface area (Å²) >= 11 is 0. The van der Waals surface area contributed by atoms with E-state index >= 15 is 0 Å². The Hall–Kier alpha value is -3.57. The first-order valence-electron chi connectivity index (χ1n) is 12.6. The molecule has 0 aromatic heterocycles. The summed E-state index contributed by atoms with van der Waals surface area (Å²) in [7, 11) is 1.77. The summed E-state index contributed by atoms with van der Waals surface area (Å²) in [4.78, 5) is 31.7. The van der Waals surface area contributed by atoms with Gasteiger partial charge in [0.25, 0.3) is 5.91 Å². The topological polar surface area (TPSA) is 69.5 Å². The van der Waals surface area contributed by atoms with Crippen molar-refractivity contribution in [2.75, 3.05) is 38.2 Å². The number of amides is 2. The van der Waals surface area contributed by atoms with Crippen molar-refractivity contribution in [3.63, 3.8) is 0 Å². The third-order valence-electron chi connectivity index (χ3n) is 6.77. The molecule has 2 aromatic rings. The van der Waals surface area contributed by atoms with Gasteiger partial charge in [0.1, 0.15) is 5.75 Å². The monoisotopic (exact) mass is 489 g/mol. The summed E-state index contributed by atoms with van der Waals surface area (Å²) < 4.78 is 5.89. The number of anilines is 1. The van der Waals surface area contributed by atoms with Crippen molar-refractivity contribution >= 4 is 23.2 Å². The summed E-state index contributed by atoms with van der Waals surface area (Å²) in [5.74, 6) is 0.969. The molecule has 0 saturated carbocycles. The maximum absolute atomic E-state index is 13.4. The lowest BCUT2D eigenvalue weighted by atomic mass is 10.1. The molecule has 0 aliphatic carbocycles. The zero-order valence-corrected chi connectivity index (χ0v) is 21.4. The first kappa shape index (κ1) is 25.5. The average Bonchev–Trinajstić information content (AvgIpc) is 3.52. The number of rotatable bonds is 10. The molecule has 2 aliphatic heterocycles. The van der Waals surface area contributed by atoms with E-state index in [1.165, 1.54) is 11.1 Å². The number of fused-ring (bicyclic) bond motifs is 2. The minimum Gasteiger partial charge on any atom is -0.491 e. The molecule has 2 amide bonds. The highest BCUT2D eigenvalue weighted by atomic mass is 16.5. The lowest BCUT2D eigenvalue weighted by Crippen LogP contribution is -2.48. The predicted molar refractivity (Wildman–Crippen MR) is 140 cm³/mol. The van der Waals surface area contributed by atoms with Gasteiger partial charge in [-0.25, -0.2) is 9.85 Å². The van der Waals surface area contributed by atoms with Crippen LogP contribution in [0.2, 0.25) is 0 Å². The normalized spacial score (nSPS) is 14.1. The molecule has 1 N–H and O–H groups in total. The fourth-order valence-electron chi connectivity index (χ4n) is 4.71. The van der Waals surface area contributed by atoms with Crippen molar-refractivity contribution in [3.8, 4) is 5.75 Å². The van der Waals surface area contributed by atoms with Crippen molar-refractivity contribution in [1.29, 1.82) is 0 Å². The first-order valence-corrected chi connectivity index (χ1v) is 12.6. The van der Waals surface area contributed by atoms with E-state index in [0.717, 1.165) is 18.4 Å². The third-order valence-corrected chi connectivity index (χ3v) is 6.77. The molecule has 0 fully saturated rings. The standard InChI is InChI=1S/C28H35N5O3/c1-20(2)8-7-12-30-26(34)18-32(25-15-24(29-3)14-21-11-13-36-28(21)25)19-27(35)31(4)33-16-22-9-5-6-10-23(22)17-33/h5-6,9-10,14-15,20H,7-8,11-13,16-19H2,1-2,4H3,(H,30,34). The largest absolute Gasteiger partial charge is 0.491 e. The van der Waals surface area contributed by atoms with E-state index in [1.54, 1.807) is 23.0 Å². The van der Waals surface area contributed by atoms with Crippen molar-refractivity contribution < 1.29 is 14.3 Å². The second-order valence-corrected chi connectivity index (χ2v) is 9.91. The van der Waals surface area contributed by atoms with Gasteiger partial charge in [0, 0.05) is 33.1 Å². The minimum atomic E-state index is -0.150. The molecular weight excluding hydrogens is 454 g/mol. The van der Waals surface area contributed by atoms with Gasteiger partial charge >= 0.3 is 0 Å². The molecule has 0 radical (unpaired) electrons. The van der Waals surface area contributed by atoms with Crippen molar-refractivity contribution in [3.05, 3.63) is 64.5 Å². The highest BCUT2D eigenvalue weighted by molar-refractivity contribution is 5.88. The molecule has 2 aliphatic rings. The van der Waals surface area contributed by atoms with E-state index in [-0.39, 0.29) is 24.9 Å². The number of benzene rings is 2. The van der Waals surface area contributed by atoms with Gasteiger partial charge in [-0.1, -0.05) is 38.1 Å². The summed E-state index contributed by atoms with van der Waals surface area (Å²) in [5, 5.41) is 6.64. The van der Waals surface area contributed by atoms with Crippen LogP contribution in [0.1, 0.15) is 43.4 Å². The number of ether oxygens (including phenoxy) is 1. The summed E-state index contributed by atoms with van der Waals surface area (Å²) in [6.45, 7) is 14.3. The fraction of sp³-hybridized carbons (Fsp3) is 0.464. The number of hydrogen-bond donors (Lipinski definition) is 1. The summed E-state index contributed by atoms with van der Waals surface area (Å²) in [5.41, 5.74) is 4.47. The van der Waals surface area contributed by atoms with Gasteiger partial charge in [0.15, 0.2) is 5.69 Å². The van der Waals surface area contributed by atoms with Crippen LogP contribution in [0.5, 0.6) is 5.75 Å². The van der Waals surface area contributed by atoms with Gasteiger partial charge in [-0.15, -0.1) is 0 Å². The van der Waals surface area contributed by atoms with Gasteiger partial charge < -0.3 is 15.0 Å². The summed E-state index contributed by atoms with van der Waals surface area (Å²) in [6, 6.07) is 11.7. The maximum Gasteiger partial charge on any atom is 0.256 e. The quantitative estimate of drug-likeness (QED) is 0.405. The second kappa shape index (κ2) is 11.4. The van der Waals surface area contributed by atoms with Gasteiger partial charge in [-0.3, -0.25) is 14.6 Å². The van der Waals surface area contributed by atoms with Crippen LogP contribution < -0.4 is 15.0 Å². The molecule has 4 rings (SSSR count). The molecule has 2 aromatic carbocycles.